The number of benzene rings is 2. The monoisotopic (exact) mass is 401 g/mol. The summed E-state index contributed by atoms with van der Waals surface area (Å²) >= 11 is 7.27. The van der Waals surface area contributed by atoms with E-state index in [1.54, 1.807) is 24.3 Å². The van der Waals surface area contributed by atoms with Crippen LogP contribution in [0.3, 0.4) is 0 Å². The van der Waals surface area contributed by atoms with Crippen LogP contribution < -0.4 is 5.43 Å². The fourth-order valence-corrected chi connectivity index (χ4v) is 2.96. The molecule has 0 radical (unpaired) electrons. The molecule has 3 aromatic rings. The van der Waals surface area contributed by atoms with Gasteiger partial charge in [0, 0.05) is 27.6 Å². The van der Waals surface area contributed by atoms with Crippen LogP contribution in [0.1, 0.15) is 16.1 Å². The largest absolute Gasteiger partial charge is 0.448 e. The minimum atomic E-state index is -0.567. The zero-order chi connectivity index (χ0) is 19.2. The maximum atomic E-state index is 12.0. The molecular weight excluding hydrogens is 390 g/mol. The number of amides is 1. The summed E-state index contributed by atoms with van der Waals surface area (Å²) in [5, 5.41) is 15.9. The Bertz CT molecular complexity index is 1000. The Labute approximate surface area is 163 Å². The molecule has 0 unspecified atom stereocenters. The first-order valence-electron chi connectivity index (χ1n) is 7.62. The zero-order valence-electron chi connectivity index (χ0n) is 13.7. The van der Waals surface area contributed by atoms with Crippen LogP contribution in [0.5, 0.6) is 0 Å². The first-order chi connectivity index (χ1) is 13.0. The van der Waals surface area contributed by atoms with Crippen LogP contribution in [0.4, 0.5) is 5.69 Å². The van der Waals surface area contributed by atoms with E-state index in [0.29, 0.717) is 15.9 Å². The number of carbonyl (C=O) groups is 1. The molecule has 27 heavy (non-hydrogen) atoms. The number of hydrogen-bond donors (Lipinski definition) is 1. The van der Waals surface area contributed by atoms with Crippen LogP contribution in [0.15, 0.2) is 80.2 Å². The molecule has 0 aliphatic rings. The van der Waals surface area contributed by atoms with Gasteiger partial charge in [-0.25, -0.2) is 5.43 Å². The molecule has 3 rings (SSSR count). The van der Waals surface area contributed by atoms with E-state index in [1.165, 1.54) is 42.2 Å². The van der Waals surface area contributed by atoms with Gasteiger partial charge < -0.3 is 4.42 Å². The molecule has 0 saturated heterocycles. The van der Waals surface area contributed by atoms with Gasteiger partial charge in [-0.15, -0.1) is 0 Å². The van der Waals surface area contributed by atoms with Crippen LogP contribution in [-0.4, -0.2) is 17.0 Å². The molecule has 136 valence electrons. The average molecular weight is 402 g/mol. The Morgan fingerprint density at radius 3 is 2.70 bits per heavy atom. The molecule has 7 nitrogen and oxygen atoms in total. The summed E-state index contributed by atoms with van der Waals surface area (Å²) in [4.78, 5) is 23.1. The number of nitro groups is 1. The van der Waals surface area contributed by atoms with Crippen molar-refractivity contribution in [3.05, 3.63) is 87.1 Å². The van der Waals surface area contributed by atoms with Gasteiger partial charge in [0.15, 0.2) is 5.09 Å². The lowest BCUT2D eigenvalue weighted by Crippen LogP contribution is -2.17. The SMILES string of the molecule is O=C(N/N=C\c1ccc(Sc2ccc(Cl)cc2)o1)c1cccc([N+](=O)[O-])c1. The number of nitrogens with zero attached hydrogens (tertiary/aromatic N) is 2. The number of hydrazone groups is 1. The lowest BCUT2D eigenvalue weighted by molar-refractivity contribution is -0.384. The van der Waals surface area contributed by atoms with Gasteiger partial charge in [-0.05, 0) is 42.5 Å². The molecule has 1 aromatic heterocycles. The minimum absolute atomic E-state index is 0.139. The molecule has 0 fully saturated rings. The molecule has 1 heterocycles. The zero-order valence-corrected chi connectivity index (χ0v) is 15.2. The topological polar surface area (TPSA) is 97.7 Å². The van der Waals surface area contributed by atoms with Crippen LogP contribution in [0.25, 0.3) is 0 Å². The van der Waals surface area contributed by atoms with Crippen molar-refractivity contribution in [2.24, 2.45) is 5.10 Å². The smallest absolute Gasteiger partial charge is 0.271 e. The van der Waals surface area contributed by atoms with E-state index >= 15 is 0 Å². The highest BCUT2D eigenvalue weighted by Gasteiger charge is 2.10. The van der Waals surface area contributed by atoms with Gasteiger partial charge >= 0.3 is 0 Å². The van der Waals surface area contributed by atoms with Crippen LogP contribution in [0.2, 0.25) is 5.02 Å². The Balaban J connectivity index is 1.59. The Kier molecular flexibility index (Phi) is 5.90. The average Bonchev–Trinajstić information content (AvgIpc) is 3.11. The number of halogens is 1. The van der Waals surface area contributed by atoms with Gasteiger partial charge in [-0.3, -0.25) is 14.9 Å². The van der Waals surface area contributed by atoms with E-state index in [0.717, 1.165) is 4.90 Å². The summed E-state index contributed by atoms with van der Waals surface area (Å²) in [5.74, 6) is -0.108. The van der Waals surface area contributed by atoms with E-state index in [1.807, 2.05) is 12.1 Å². The predicted octanol–water partition coefficient (Wildman–Crippen LogP) is 4.76. The van der Waals surface area contributed by atoms with Gasteiger partial charge in [0.05, 0.1) is 11.1 Å². The Hall–Kier alpha value is -3.10. The van der Waals surface area contributed by atoms with Crippen molar-refractivity contribution in [1.29, 1.82) is 0 Å². The lowest BCUT2D eigenvalue weighted by atomic mass is 10.2. The third-order valence-corrected chi connectivity index (χ3v) is 4.49. The van der Waals surface area contributed by atoms with Crippen LogP contribution >= 0.6 is 23.4 Å². The fourth-order valence-electron chi connectivity index (χ4n) is 2.06. The third kappa shape index (κ3) is 5.19. The van der Waals surface area contributed by atoms with E-state index in [4.69, 9.17) is 16.0 Å². The molecule has 0 bridgehead atoms. The fraction of sp³-hybridized carbons (Fsp3) is 0. The molecule has 9 heteroatoms. The maximum Gasteiger partial charge on any atom is 0.271 e. The maximum absolute atomic E-state index is 12.0. The van der Waals surface area contributed by atoms with Crippen molar-refractivity contribution in [3.8, 4) is 0 Å². The summed E-state index contributed by atoms with van der Waals surface area (Å²) in [7, 11) is 0. The molecule has 0 aliphatic heterocycles. The van der Waals surface area contributed by atoms with Crippen molar-refractivity contribution >= 4 is 41.2 Å². The van der Waals surface area contributed by atoms with Gasteiger partial charge in [-0.2, -0.15) is 5.10 Å². The molecule has 1 N–H and O–H groups in total. The van der Waals surface area contributed by atoms with E-state index in [9.17, 15) is 14.9 Å². The molecule has 0 spiro atoms. The second kappa shape index (κ2) is 8.52. The van der Waals surface area contributed by atoms with Gasteiger partial charge in [0.2, 0.25) is 0 Å². The molecule has 1 amide bonds. The highest BCUT2D eigenvalue weighted by Crippen LogP contribution is 2.29. The number of carbonyl (C=O) groups excluding carboxylic acids is 1. The number of non-ortho nitro benzene ring substituents is 1. The lowest BCUT2D eigenvalue weighted by Gasteiger charge is -1.99. The number of nitro benzene ring substituents is 1. The summed E-state index contributed by atoms with van der Waals surface area (Å²) < 4.78 is 5.60. The highest BCUT2D eigenvalue weighted by molar-refractivity contribution is 7.99. The molecule has 2 aromatic carbocycles. The van der Waals surface area contributed by atoms with E-state index < -0.39 is 10.8 Å². The van der Waals surface area contributed by atoms with Crippen molar-refractivity contribution in [2.45, 2.75) is 9.99 Å². The van der Waals surface area contributed by atoms with Crippen molar-refractivity contribution in [3.63, 3.8) is 0 Å². The number of nitrogens with one attached hydrogen (secondary N) is 1. The Morgan fingerprint density at radius 2 is 1.96 bits per heavy atom. The predicted molar refractivity (Wildman–Crippen MR) is 102 cm³/mol. The van der Waals surface area contributed by atoms with Crippen LogP contribution in [0, 0.1) is 10.1 Å². The summed E-state index contributed by atoms with van der Waals surface area (Å²) in [6.45, 7) is 0. The van der Waals surface area contributed by atoms with Gasteiger partial charge in [0.25, 0.3) is 11.6 Å². The van der Waals surface area contributed by atoms with E-state index in [-0.39, 0.29) is 11.3 Å². The molecule has 0 aliphatic carbocycles. The first kappa shape index (κ1) is 18.7. The van der Waals surface area contributed by atoms with Crippen molar-refractivity contribution < 1.29 is 14.1 Å². The standard InChI is InChI=1S/C18H12ClN3O4S/c19-13-4-7-16(8-5-13)27-17-9-6-15(26-17)11-20-21-18(23)12-2-1-3-14(10-12)22(24)25/h1-11H,(H,21,23)/b20-11-. The normalized spacial score (nSPS) is 10.9. The third-order valence-electron chi connectivity index (χ3n) is 3.31. The summed E-state index contributed by atoms with van der Waals surface area (Å²) in [5.41, 5.74) is 2.28. The summed E-state index contributed by atoms with van der Waals surface area (Å²) in [6, 6.07) is 16.2. The Morgan fingerprint density at radius 1 is 1.19 bits per heavy atom. The highest BCUT2D eigenvalue weighted by atomic mass is 35.5. The van der Waals surface area contributed by atoms with Crippen molar-refractivity contribution in [2.75, 3.05) is 0 Å². The number of furan rings is 1. The second-order valence-electron chi connectivity index (χ2n) is 5.22. The number of rotatable bonds is 6. The van der Waals surface area contributed by atoms with Gasteiger partial charge in [0.1, 0.15) is 5.76 Å². The minimum Gasteiger partial charge on any atom is -0.448 e. The number of hydrogen-bond acceptors (Lipinski definition) is 6. The molecular formula is C18H12ClN3O4S. The summed E-state index contributed by atoms with van der Waals surface area (Å²) in [6.07, 6.45) is 1.35. The quantitative estimate of drug-likeness (QED) is 0.365. The van der Waals surface area contributed by atoms with Crippen molar-refractivity contribution in [1.82, 2.24) is 5.43 Å². The van der Waals surface area contributed by atoms with E-state index in [2.05, 4.69) is 10.5 Å². The van der Waals surface area contributed by atoms with Crippen LogP contribution in [-0.2, 0) is 0 Å². The molecule has 0 atom stereocenters. The first-order valence-corrected chi connectivity index (χ1v) is 8.82. The van der Waals surface area contributed by atoms with Gasteiger partial charge in [-0.1, -0.05) is 29.4 Å². The molecule has 0 saturated carbocycles. The second-order valence-corrected chi connectivity index (χ2v) is 6.73.